The molecule has 1 atom stereocenters. The Morgan fingerprint density at radius 2 is 2.45 bits per heavy atom. The molecule has 0 spiro atoms. The summed E-state index contributed by atoms with van der Waals surface area (Å²) < 4.78 is 0. The number of nitrogens with zero attached hydrogens (tertiary/aromatic N) is 1. The molecule has 1 unspecified atom stereocenters. The van der Waals surface area contributed by atoms with Crippen LogP contribution in [0, 0.1) is 0 Å². The molecule has 0 bridgehead atoms. The minimum atomic E-state index is -0.649. The van der Waals surface area contributed by atoms with Crippen molar-refractivity contribution in [2.45, 2.75) is 5.66 Å². The molecule has 1 aromatic rings. The van der Waals surface area contributed by atoms with Crippen LogP contribution in [0.1, 0.15) is 5.69 Å². The van der Waals surface area contributed by atoms with Gasteiger partial charge in [-0.15, -0.1) is 0 Å². The van der Waals surface area contributed by atoms with E-state index in [9.17, 15) is 0 Å². The zero-order valence-electron chi connectivity index (χ0n) is 5.99. The maximum Gasteiger partial charge on any atom is 0.167 e. The van der Waals surface area contributed by atoms with Gasteiger partial charge in [-0.25, -0.2) is 0 Å². The van der Waals surface area contributed by atoms with Crippen molar-refractivity contribution in [3.8, 4) is 0 Å². The van der Waals surface area contributed by atoms with Crippen LogP contribution in [0.25, 0.3) is 0 Å². The summed E-state index contributed by atoms with van der Waals surface area (Å²) in [6.45, 7) is 0. The van der Waals surface area contributed by atoms with Gasteiger partial charge in [0.05, 0.1) is 5.69 Å². The number of aromatic nitrogens is 1. The van der Waals surface area contributed by atoms with Crippen molar-refractivity contribution < 1.29 is 0 Å². The first-order valence-corrected chi connectivity index (χ1v) is 3.47. The number of H-pyrrole nitrogens is 1. The highest BCUT2D eigenvalue weighted by atomic mass is 15.1. The second-order valence-electron chi connectivity index (χ2n) is 2.55. The first kappa shape index (κ1) is 6.37. The molecular formula is C8H9N3. The summed E-state index contributed by atoms with van der Waals surface area (Å²) in [4.78, 5) is 7.15. The Morgan fingerprint density at radius 3 is 3.00 bits per heavy atom. The molecule has 0 radical (unpaired) electrons. The zero-order valence-corrected chi connectivity index (χ0v) is 5.99. The van der Waals surface area contributed by atoms with Gasteiger partial charge in [0.25, 0.3) is 0 Å². The average Bonchev–Trinajstić information content (AvgIpc) is 2.55. The second-order valence-corrected chi connectivity index (χ2v) is 2.55. The van der Waals surface area contributed by atoms with Crippen molar-refractivity contribution in [1.82, 2.24) is 4.98 Å². The Hall–Kier alpha value is -1.35. The van der Waals surface area contributed by atoms with Gasteiger partial charge in [-0.2, -0.15) is 0 Å². The average molecular weight is 147 g/mol. The molecule has 3 heteroatoms. The number of rotatable bonds is 1. The van der Waals surface area contributed by atoms with E-state index in [4.69, 9.17) is 5.73 Å². The number of allylic oxidation sites excluding steroid dienone is 1. The van der Waals surface area contributed by atoms with Gasteiger partial charge in [-0.05, 0) is 24.3 Å². The molecule has 1 aliphatic rings. The molecule has 56 valence electrons. The van der Waals surface area contributed by atoms with Crippen LogP contribution in [-0.2, 0) is 5.66 Å². The van der Waals surface area contributed by atoms with Crippen LogP contribution in [0.4, 0.5) is 0 Å². The van der Waals surface area contributed by atoms with E-state index in [2.05, 4.69) is 9.98 Å². The molecule has 3 N–H and O–H groups in total. The van der Waals surface area contributed by atoms with Crippen LogP contribution in [0.15, 0.2) is 35.5 Å². The lowest BCUT2D eigenvalue weighted by Gasteiger charge is -2.15. The first-order valence-electron chi connectivity index (χ1n) is 3.47. The van der Waals surface area contributed by atoms with Gasteiger partial charge in [0.2, 0.25) is 0 Å². The van der Waals surface area contributed by atoms with Gasteiger partial charge >= 0.3 is 0 Å². The number of hydrogen-bond donors (Lipinski definition) is 2. The fraction of sp³-hybridized carbons (Fsp3) is 0.125. The van der Waals surface area contributed by atoms with Crippen molar-refractivity contribution >= 4 is 6.21 Å². The molecule has 0 saturated heterocycles. The van der Waals surface area contributed by atoms with Crippen molar-refractivity contribution in [3.63, 3.8) is 0 Å². The van der Waals surface area contributed by atoms with E-state index in [0.717, 1.165) is 5.69 Å². The normalized spacial score (nSPS) is 28.1. The molecule has 0 amide bonds. The van der Waals surface area contributed by atoms with E-state index in [-0.39, 0.29) is 0 Å². The van der Waals surface area contributed by atoms with Crippen molar-refractivity contribution in [1.29, 1.82) is 0 Å². The number of aromatic amines is 1. The summed E-state index contributed by atoms with van der Waals surface area (Å²) in [5.74, 6) is 0. The number of nitrogens with two attached hydrogens (primary N) is 1. The minimum absolute atomic E-state index is 0.649. The molecule has 0 aromatic carbocycles. The monoisotopic (exact) mass is 147 g/mol. The lowest BCUT2D eigenvalue weighted by molar-refractivity contribution is 0.591. The Bertz CT molecular complexity index is 283. The predicted molar refractivity (Wildman–Crippen MR) is 44.3 cm³/mol. The van der Waals surface area contributed by atoms with Crippen LogP contribution in [0.5, 0.6) is 0 Å². The van der Waals surface area contributed by atoms with E-state index in [1.807, 2.05) is 30.5 Å². The van der Waals surface area contributed by atoms with E-state index in [1.165, 1.54) is 0 Å². The lowest BCUT2D eigenvalue weighted by Crippen LogP contribution is -2.30. The fourth-order valence-corrected chi connectivity index (χ4v) is 1.14. The molecule has 1 aliphatic heterocycles. The van der Waals surface area contributed by atoms with Crippen LogP contribution >= 0.6 is 0 Å². The third-order valence-electron chi connectivity index (χ3n) is 1.75. The van der Waals surface area contributed by atoms with Gasteiger partial charge in [0.15, 0.2) is 5.66 Å². The predicted octanol–water partition coefficient (Wildman–Crippen LogP) is 0.767. The Labute approximate surface area is 64.6 Å². The summed E-state index contributed by atoms with van der Waals surface area (Å²) >= 11 is 0. The molecule has 0 saturated carbocycles. The third-order valence-corrected chi connectivity index (χ3v) is 1.75. The summed E-state index contributed by atoms with van der Waals surface area (Å²) in [6, 6.07) is 3.83. The smallest absolute Gasteiger partial charge is 0.167 e. The van der Waals surface area contributed by atoms with Crippen LogP contribution in [0.2, 0.25) is 0 Å². The van der Waals surface area contributed by atoms with Crippen molar-refractivity contribution in [3.05, 3.63) is 36.2 Å². The maximum absolute atomic E-state index is 5.91. The molecule has 1 aromatic heterocycles. The van der Waals surface area contributed by atoms with Gasteiger partial charge in [0.1, 0.15) is 0 Å². The van der Waals surface area contributed by atoms with Crippen LogP contribution < -0.4 is 5.73 Å². The molecule has 2 rings (SSSR count). The number of hydrogen-bond acceptors (Lipinski definition) is 2. The summed E-state index contributed by atoms with van der Waals surface area (Å²) in [5.41, 5.74) is 6.18. The standard InChI is InChI=1S/C8H9N3/c9-8(4-2-6-11-8)7-3-1-5-10-7/h1-6,10H,9H2. The van der Waals surface area contributed by atoms with Crippen LogP contribution in [-0.4, -0.2) is 11.2 Å². The van der Waals surface area contributed by atoms with E-state index in [1.54, 1.807) is 6.21 Å². The van der Waals surface area contributed by atoms with Gasteiger partial charge in [-0.1, -0.05) is 0 Å². The first-order chi connectivity index (χ1) is 5.31. The number of aliphatic imine (C=N–C) groups is 1. The Balaban J connectivity index is 2.43. The highest BCUT2D eigenvalue weighted by molar-refractivity contribution is 5.75. The van der Waals surface area contributed by atoms with E-state index >= 15 is 0 Å². The fourth-order valence-electron chi connectivity index (χ4n) is 1.14. The molecular weight excluding hydrogens is 138 g/mol. The highest BCUT2D eigenvalue weighted by Gasteiger charge is 2.24. The summed E-state index contributed by atoms with van der Waals surface area (Å²) in [5, 5.41) is 0. The van der Waals surface area contributed by atoms with Crippen LogP contribution in [0.3, 0.4) is 0 Å². The number of nitrogens with one attached hydrogen (secondary N) is 1. The summed E-state index contributed by atoms with van der Waals surface area (Å²) in [6.07, 6.45) is 7.26. The van der Waals surface area contributed by atoms with Gasteiger partial charge < -0.3 is 4.98 Å². The Kier molecular flexibility index (Phi) is 1.20. The largest absolute Gasteiger partial charge is 0.362 e. The Morgan fingerprint density at radius 1 is 1.55 bits per heavy atom. The third kappa shape index (κ3) is 0.897. The van der Waals surface area contributed by atoms with E-state index < -0.39 is 5.66 Å². The molecule has 11 heavy (non-hydrogen) atoms. The molecule has 3 nitrogen and oxygen atoms in total. The molecule has 0 aliphatic carbocycles. The van der Waals surface area contributed by atoms with Gasteiger partial charge in [0, 0.05) is 12.4 Å². The van der Waals surface area contributed by atoms with Crippen molar-refractivity contribution in [2.24, 2.45) is 10.7 Å². The second kappa shape index (κ2) is 2.07. The quantitative estimate of drug-likeness (QED) is 0.605. The SMILES string of the molecule is NC1(c2ccc[nH]2)C=CC=N1. The van der Waals surface area contributed by atoms with Gasteiger partial charge in [-0.3, -0.25) is 10.7 Å². The van der Waals surface area contributed by atoms with E-state index in [0.29, 0.717) is 0 Å². The zero-order chi connectivity index (χ0) is 7.73. The maximum atomic E-state index is 5.91. The minimum Gasteiger partial charge on any atom is -0.362 e. The molecule has 2 heterocycles. The van der Waals surface area contributed by atoms with Crippen molar-refractivity contribution in [2.75, 3.05) is 0 Å². The topological polar surface area (TPSA) is 54.2 Å². The highest BCUT2D eigenvalue weighted by Crippen LogP contribution is 2.21. The molecule has 0 fully saturated rings. The summed E-state index contributed by atoms with van der Waals surface area (Å²) in [7, 11) is 0. The lowest BCUT2D eigenvalue weighted by atomic mass is 10.1.